The summed E-state index contributed by atoms with van der Waals surface area (Å²) in [5.41, 5.74) is 2.67. The summed E-state index contributed by atoms with van der Waals surface area (Å²) >= 11 is 0. The van der Waals surface area contributed by atoms with E-state index < -0.39 is 0 Å². The fraction of sp³-hybridized carbons (Fsp3) is 0.636. The van der Waals surface area contributed by atoms with E-state index in [1.807, 2.05) is 0 Å². The summed E-state index contributed by atoms with van der Waals surface area (Å²) in [7, 11) is 4.18. The van der Waals surface area contributed by atoms with E-state index in [0.717, 1.165) is 52.4 Å². The Morgan fingerprint density at radius 3 is 1.16 bits per heavy atom. The van der Waals surface area contributed by atoms with Crippen LogP contribution in [0.5, 0.6) is 0 Å². The molecule has 0 spiro atoms. The van der Waals surface area contributed by atoms with Crippen LogP contribution in [0.25, 0.3) is 0 Å². The molecule has 0 atom stereocenters. The summed E-state index contributed by atoms with van der Waals surface area (Å²) in [6, 6.07) is 8.51. The molecule has 0 aliphatic carbocycles. The average molecular weight is 471 g/mol. The van der Waals surface area contributed by atoms with E-state index in [4.69, 9.17) is 0 Å². The number of rotatable bonds is 16. The van der Waals surface area contributed by atoms with Crippen LogP contribution < -0.4 is 21.3 Å². The molecule has 0 saturated heterocycles. The zero-order valence-electron chi connectivity index (χ0n) is 18.8. The summed E-state index contributed by atoms with van der Waals surface area (Å²) in [6.45, 7) is 8.39. The standard InChI is InChI=1S/C21H38N6.CH4.4FH/c1-26-16-3-8-20(26)18-24-14-6-12-22-10-5-11-23-13-7-15-25-19-21-9-4-17-27(21)2;;;;;/h3-4,8-9,16-17,22-25H,5-7,10-15,18-19H2,1-2H3;1H4;4*1H. The fourth-order valence-corrected chi connectivity index (χ4v) is 3.06. The molecule has 2 heterocycles. The van der Waals surface area contributed by atoms with Crippen LogP contribution in [0.4, 0.5) is 18.8 Å². The summed E-state index contributed by atoms with van der Waals surface area (Å²) in [6.07, 6.45) is 7.71. The lowest BCUT2D eigenvalue weighted by Gasteiger charge is -2.08. The fourth-order valence-electron chi connectivity index (χ4n) is 3.06. The van der Waals surface area contributed by atoms with E-state index in [9.17, 15) is 0 Å². The second-order valence-corrected chi connectivity index (χ2v) is 7.14. The van der Waals surface area contributed by atoms with Gasteiger partial charge in [-0.05, 0) is 82.8 Å². The third kappa shape index (κ3) is 15.9. The summed E-state index contributed by atoms with van der Waals surface area (Å²) < 4.78 is 4.33. The molecule has 0 unspecified atom stereocenters. The Labute approximate surface area is 191 Å². The molecule has 2 aromatic heterocycles. The molecule has 0 amide bonds. The number of halogens is 4. The SMILES string of the molecule is C.Cn1cccc1CNCCCNCCCNCCCNCc1cccn1C.F.F.F.F. The van der Waals surface area contributed by atoms with Crippen molar-refractivity contribution in [2.45, 2.75) is 39.8 Å². The van der Waals surface area contributed by atoms with Crippen LogP contribution in [0.2, 0.25) is 0 Å². The Balaban J connectivity index is -0.000000784. The maximum absolute atomic E-state index is 3.52. The highest BCUT2D eigenvalue weighted by molar-refractivity contribution is 5.06. The predicted molar refractivity (Wildman–Crippen MR) is 131 cm³/mol. The summed E-state index contributed by atoms with van der Waals surface area (Å²) in [5.74, 6) is 0. The van der Waals surface area contributed by atoms with Crippen molar-refractivity contribution in [1.82, 2.24) is 30.4 Å². The first kappa shape index (κ1) is 37.4. The van der Waals surface area contributed by atoms with Gasteiger partial charge in [-0.15, -0.1) is 0 Å². The first-order valence-electron chi connectivity index (χ1n) is 10.3. The largest absolute Gasteiger partial charge is 0.353 e. The van der Waals surface area contributed by atoms with E-state index in [1.165, 1.54) is 30.7 Å². The second kappa shape index (κ2) is 23.8. The van der Waals surface area contributed by atoms with Crippen LogP contribution in [0.3, 0.4) is 0 Å². The van der Waals surface area contributed by atoms with Gasteiger partial charge in [0.1, 0.15) is 0 Å². The lowest BCUT2D eigenvalue weighted by molar-refractivity contribution is 0.547. The smallest absolute Gasteiger partial charge is 0.0359 e. The van der Waals surface area contributed by atoms with Gasteiger partial charge in [0, 0.05) is 51.0 Å². The van der Waals surface area contributed by atoms with Crippen molar-refractivity contribution < 1.29 is 18.8 Å². The lowest BCUT2D eigenvalue weighted by Crippen LogP contribution is -2.27. The molecular formula is C22H46F4N6. The molecule has 0 bridgehead atoms. The maximum Gasteiger partial charge on any atom is 0.0359 e. The minimum absolute atomic E-state index is 0. The second-order valence-electron chi connectivity index (χ2n) is 7.14. The van der Waals surface area contributed by atoms with Gasteiger partial charge in [0.25, 0.3) is 0 Å². The van der Waals surface area contributed by atoms with Gasteiger partial charge >= 0.3 is 0 Å². The Bertz CT molecular complexity index is 569. The minimum Gasteiger partial charge on any atom is -0.353 e. The molecule has 0 aromatic carbocycles. The van der Waals surface area contributed by atoms with Crippen LogP contribution in [-0.4, -0.2) is 48.4 Å². The molecular weight excluding hydrogens is 424 g/mol. The van der Waals surface area contributed by atoms with Gasteiger partial charge in [-0.1, -0.05) is 7.43 Å². The molecule has 2 aromatic rings. The molecule has 0 fully saturated rings. The topological polar surface area (TPSA) is 58.0 Å². The monoisotopic (exact) mass is 470 g/mol. The maximum atomic E-state index is 3.52. The molecule has 10 heteroatoms. The Kier molecular flexibility index (Phi) is 27.8. The van der Waals surface area contributed by atoms with Crippen molar-refractivity contribution in [3.8, 4) is 0 Å². The molecule has 192 valence electrons. The van der Waals surface area contributed by atoms with Gasteiger partial charge in [-0.25, -0.2) is 0 Å². The molecule has 32 heavy (non-hydrogen) atoms. The van der Waals surface area contributed by atoms with E-state index >= 15 is 0 Å². The van der Waals surface area contributed by atoms with Crippen molar-refractivity contribution in [1.29, 1.82) is 0 Å². The van der Waals surface area contributed by atoms with Crippen LogP contribution in [0.1, 0.15) is 38.1 Å². The molecule has 2 rings (SSSR count). The summed E-state index contributed by atoms with van der Waals surface area (Å²) in [4.78, 5) is 0. The highest BCUT2D eigenvalue weighted by Crippen LogP contribution is 1.98. The predicted octanol–water partition coefficient (Wildman–Crippen LogP) is 2.84. The molecule has 6 nitrogen and oxygen atoms in total. The minimum atomic E-state index is 0. The number of nitrogens with one attached hydrogen (secondary N) is 4. The zero-order valence-corrected chi connectivity index (χ0v) is 18.8. The first-order valence-corrected chi connectivity index (χ1v) is 10.3. The van der Waals surface area contributed by atoms with Crippen LogP contribution >= 0.6 is 0 Å². The number of aryl methyl sites for hydroxylation is 2. The van der Waals surface area contributed by atoms with E-state index in [-0.39, 0.29) is 26.2 Å². The first-order chi connectivity index (χ1) is 13.3. The third-order valence-electron chi connectivity index (χ3n) is 4.84. The third-order valence-corrected chi connectivity index (χ3v) is 4.84. The van der Waals surface area contributed by atoms with Gasteiger partial charge < -0.3 is 30.4 Å². The highest BCUT2D eigenvalue weighted by Gasteiger charge is 1.97. The Hall–Kier alpha value is -1.88. The van der Waals surface area contributed by atoms with E-state index in [2.05, 4.69) is 81.2 Å². The zero-order chi connectivity index (χ0) is 19.2. The van der Waals surface area contributed by atoms with Crippen molar-refractivity contribution >= 4 is 0 Å². The van der Waals surface area contributed by atoms with Crippen LogP contribution in [0.15, 0.2) is 36.7 Å². The molecule has 0 aliphatic heterocycles. The number of nitrogens with zero attached hydrogens (tertiary/aromatic N) is 2. The van der Waals surface area contributed by atoms with Crippen molar-refractivity contribution in [3.63, 3.8) is 0 Å². The summed E-state index contributed by atoms with van der Waals surface area (Å²) in [5, 5.41) is 14.0. The van der Waals surface area contributed by atoms with Crippen molar-refractivity contribution in [2.24, 2.45) is 14.1 Å². The van der Waals surface area contributed by atoms with Crippen LogP contribution in [0, 0.1) is 0 Å². The van der Waals surface area contributed by atoms with E-state index in [1.54, 1.807) is 0 Å². The molecule has 4 N–H and O–H groups in total. The highest BCUT2D eigenvalue weighted by atomic mass is 19.0. The van der Waals surface area contributed by atoms with Gasteiger partial charge in [0.15, 0.2) is 0 Å². The van der Waals surface area contributed by atoms with Gasteiger partial charge in [-0.3, -0.25) is 18.8 Å². The van der Waals surface area contributed by atoms with Crippen molar-refractivity contribution in [3.05, 3.63) is 48.0 Å². The van der Waals surface area contributed by atoms with Crippen LogP contribution in [-0.2, 0) is 27.2 Å². The number of hydrogen-bond acceptors (Lipinski definition) is 4. The molecule has 0 saturated carbocycles. The average Bonchev–Trinajstić information content (AvgIpc) is 3.26. The van der Waals surface area contributed by atoms with Crippen molar-refractivity contribution in [2.75, 3.05) is 39.3 Å². The Morgan fingerprint density at radius 1 is 0.562 bits per heavy atom. The molecule has 0 aliphatic rings. The lowest BCUT2D eigenvalue weighted by atomic mass is 10.3. The quantitative estimate of drug-likeness (QED) is 0.225. The van der Waals surface area contributed by atoms with Gasteiger partial charge in [-0.2, -0.15) is 0 Å². The number of aromatic nitrogens is 2. The Morgan fingerprint density at radius 2 is 0.875 bits per heavy atom. The normalized spacial score (nSPS) is 9.56. The van der Waals surface area contributed by atoms with Gasteiger partial charge in [0.2, 0.25) is 0 Å². The number of hydrogen-bond donors (Lipinski definition) is 4. The van der Waals surface area contributed by atoms with Gasteiger partial charge in [0.05, 0.1) is 0 Å². The van der Waals surface area contributed by atoms with E-state index in [0.29, 0.717) is 0 Å². The molecule has 0 radical (unpaired) electrons.